The molecule has 0 radical (unpaired) electrons. The SMILES string of the molecule is CCc1ccc(Nc2cc(C(=O)N3CCC(C)CC3)nc3cc(OC)c(OC)cc23)cc1. The number of nitrogens with zero attached hydrogens (tertiary/aromatic N) is 2. The Morgan fingerprint density at radius 2 is 1.72 bits per heavy atom. The number of ether oxygens (including phenoxy) is 2. The molecule has 0 spiro atoms. The molecule has 3 aromatic rings. The van der Waals surface area contributed by atoms with Crippen molar-refractivity contribution in [3.63, 3.8) is 0 Å². The molecule has 2 heterocycles. The van der Waals surface area contributed by atoms with Crippen LogP contribution in [0.5, 0.6) is 11.5 Å². The van der Waals surface area contributed by atoms with Crippen LogP contribution in [0.1, 0.15) is 42.7 Å². The molecule has 0 atom stereocenters. The summed E-state index contributed by atoms with van der Waals surface area (Å²) in [6.07, 6.45) is 3.04. The van der Waals surface area contributed by atoms with Gasteiger partial charge in [-0.3, -0.25) is 4.79 Å². The first-order valence-corrected chi connectivity index (χ1v) is 11.2. The molecule has 32 heavy (non-hydrogen) atoms. The molecule has 0 aliphatic carbocycles. The van der Waals surface area contributed by atoms with Crippen LogP contribution in [0.25, 0.3) is 10.9 Å². The minimum atomic E-state index is -0.0297. The van der Waals surface area contributed by atoms with E-state index in [9.17, 15) is 4.79 Å². The van der Waals surface area contributed by atoms with Gasteiger partial charge in [0.15, 0.2) is 11.5 Å². The van der Waals surface area contributed by atoms with E-state index in [0.717, 1.165) is 49.1 Å². The molecule has 1 N–H and O–H groups in total. The highest BCUT2D eigenvalue weighted by molar-refractivity contribution is 6.01. The maximum Gasteiger partial charge on any atom is 0.272 e. The Hall–Kier alpha value is -3.28. The fourth-order valence-corrected chi connectivity index (χ4v) is 4.12. The number of hydrogen-bond donors (Lipinski definition) is 1. The van der Waals surface area contributed by atoms with Crippen LogP contribution in [0.2, 0.25) is 0 Å². The molecule has 1 aliphatic rings. The highest BCUT2D eigenvalue weighted by atomic mass is 16.5. The third-order valence-corrected chi connectivity index (χ3v) is 6.25. The number of anilines is 2. The number of rotatable bonds is 6. The van der Waals surface area contributed by atoms with Crippen molar-refractivity contribution in [3.8, 4) is 11.5 Å². The second-order valence-corrected chi connectivity index (χ2v) is 8.43. The Morgan fingerprint density at radius 1 is 1.06 bits per heavy atom. The number of fused-ring (bicyclic) bond motifs is 1. The van der Waals surface area contributed by atoms with Crippen LogP contribution in [0.3, 0.4) is 0 Å². The summed E-state index contributed by atoms with van der Waals surface area (Å²) >= 11 is 0. The second-order valence-electron chi connectivity index (χ2n) is 8.43. The van der Waals surface area contributed by atoms with Crippen LogP contribution in [-0.4, -0.2) is 43.1 Å². The molecule has 1 aromatic heterocycles. The standard InChI is InChI=1S/C26H31N3O3/c1-5-18-6-8-19(9-7-18)27-21-15-23(26(30)29-12-10-17(2)11-13-29)28-22-16-25(32-4)24(31-3)14-20(21)22/h6-9,14-17H,5,10-13H2,1-4H3,(H,27,28). The average Bonchev–Trinajstić information content (AvgIpc) is 2.83. The predicted octanol–water partition coefficient (Wildman–Crippen LogP) is 5.43. The lowest BCUT2D eigenvalue weighted by Crippen LogP contribution is -2.38. The molecule has 1 fully saturated rings. The molecule has 0 saturated carbocycles. The molecule has 6 nitrogen and oxygen atoms in total. The van der Waals surface area contributed by atoms with Crippen molar-refractivity contribution >= 4 is 28.2 Å². The Balaban J connectivity index is 1.77. The Kier molecular flexibility index (Phi) is 6.49. The minimum Gasteiger partial charge on any atom is -0.493 e. The number of hydrogen-bond acceptors (Lipinski definition) is 5. The van der Waals surface area contributed by atoms with Gasteiger partial charge in [0, 0.05) is 30.2 Å². The van der Waals surface area contributed by atoms with E-state index in [-0.39, 0.29) is 5.91 Å². The zero-order valence-corrected chi connectivity index (χ0v) is 19.3. The number of carbonyl (C=O) groups is 1. The highest BCUT2D eigenvalue weighted by Gasteiger charge is 2.24. The molecule has 0 unspecified atom stereocenters. The van der Waals surface area contributed by atoms with Gasteiger partial charge in [0.25, 0.3) is 5.91 Å². The largest absolute Gasteiger partial charge is 0.493 e. The Labute approximate surface area is 189 Å². The maximum atomic E-state index is 13.3. The molecule has 1 aliphatic heterocycles. The number of methoxy groups -OCH3 is 2. The number of likely N-dealkylation sites (tertiary alicyclic amines) is 1. The molecule has 168 valence electrons. The lowest BCUT2D eigenvalue weighted by atomic mass is 9.99. The summed E-state index contributed by atoms with van der Waals surface area (Å²) in [5, 5.41) is 4.35. The van der Waals surface area contributed by atoms with Crippen molar-refractivity contribution in [1.82, 2.24) is 9.88 Å². The highest BCUT2D eigenvalue weighted by Crippen LogP contribution is 2.36. The van der Waals surface area contributed by atoms with E-state index < -0.39 is 0 Å². The van der Waals surface area contributed by atoms with Crippen molar-refractivity contribution in [1.29, 1.82) is 0 Å². The number of amides is 1. The van der Waals surface area contributed by atoms with Gasteiger partial charge in [-0.15, -0.1) is 0 Å². The number of benzene rings is 2. The lowest BCUT2D eigenvalue weighted by Gasteiger charge is -2.30. The maximum absolute atomic E-state index is 13.3. The number of nitrogens with one attached hydrogen (secondary N) is 1. The third kappa shape index (κ3) is 4.49. The first-order chi connectivity index (χ1) is 15.5. The van der Waals surface area contributed by atoms with Crippen LogP contribution in [0.4, 0.5) is 11.4 Å². The predicted molar refractivity (Wildman–Crippen MR) is 128 cm³/mol. The fourth-order valence-electron chi connectivity index (χ4n) is 4.12. The molecule has 1 saturated heterocycles. The first-order valence-electron chi connectivity index (χ1n) is 11.2. The molecule has 6 heteroatoms. The fraction of sp³-hybridized carbons (Fsp3) is 0.385. The van der Waals surface area contributed by atoms with E-state index in [2.05, 4.69) is 43.4 Å². The number of carbonyl (C=O) groups excluding carboxylic acids is 1. The Morgan fingerprint density at radius 3 is 2.34 bits per heavy atom. The van der Waals surface area contributed by atoms with Gasteiger partial charge < -0.3 is 19.7 Å². The summed E-state index contributed by atoms with van der Waals surface area (Å²) in [4.78, 5) is 19.9. The van der Waals surface area contributed by atoms with Crippen molar-refractivity contribution in [2.45, 2.75) is 33.1 Å². The van der Waals surface area contributed by atoms with E-state index in [4.69, 9.17) is 14.5 Å². The Bertz CT molecular complexity index is 1100. The average molecular weight is 434 g/mol. The quantitative estimate of drug-likeness (QED) is 0.562. The molecule has 0 bridgehead atoms. The van der Waals surface area contributed by atoms with Crippen molar-refractivity contribution in [2.75, 3.05) is 32.6 Å². The van der Waals surface area contributed by atoms with Crippen LogP contribution >= 0.6 is 0 Å². The van der Waals surface area contributed by atoms with Gasteiger partial charge in [-0.25, -0.2) is 4.98 Å². The molecular weight excluding hydrogens is 402 g/mol. The summed E-state index contributed by atoms with van der Waals surface area (Å²) in [6.45, 7) is 5.92. The van der Waals surface area contributed by atoms with Gasteiger partial charge >= 0.3 is 0 Å². The van der Waals surface area contributed by atoms with Gasteiger partial charge in [0.05, 0.1) is 25.4 Å². The van der Waals surface area contributed by atoms with E-state index in [1.807, 2.05) is 23.1 Å². The van der Waals surface area contributed by atoms with Crippen molar-refractivity contribution in [3.05, 3.63) is 53.7 Å². The second kappa shape index (κ2) is 9.47. The van der Waals surface area contributed by atoms with Crippen LogP contribution in [0.15, 0.2) is 42.5 Å². The molecule has 4 rings (SSSR count). The van der Waals surface area contributed by atoms with Crippen molar-refractivity contribution < 1.29 is 14.3 Å². The van der Waals surface area contributed by atoms with E-state index >= 15 is 0 Å². The molecule has 1 amide bonds. The van der Waals surface area contributed by atoms with E-state index in [1.54, 1.807) is 14.2 Å². The van der Waals surface area contributed by atoms with E-state index in [1.165, 1.54) is 5.56 Å². The van der Waals surface area contributed by atoms with Gasteiger partial charge in [0.2, 0.25) is 0 Å². The summed E-state index contributed by atoms with van der Waals surface area (Å²) in [5.74, 6) is 1.83. The third-order valence-electron chi connectivity index (χ3n) is 6.25. The molecular formula is C26H31N3O3. The smallest absolute Gasteiger partial charge is 0.272 e. The zero-order valence-electron chi connectivity index (χ0n) is 19.3. The summed E-state index contributed by atoms with van der Waals surface area (Å²) in [5.41, 5.74) is 4.17. The zero-order chi connectivity index (χ0) is 22.7. The van der Waals surface area contributed by atoms with Crippen LogP contribution in [0, 0.1) is 5.92 Å². The van der Waals surface area contributed by atoms with E-state index in [0.29, 0.717) is 28.6 Å². The summed E-state index contributed by atoms with van der Waals surface area (Å²) in [6, 6.07) is 13.9. The van der Waals surface area contributed by atoms with Crippen LogP contribution in [-0.2, 0) is 6.42 Å². The summed E-state index contributed by atoms with van der Waals surface area (Å²) in [7, 11) is 3.21. The number of piperidine rings is 1. The summed E-state index contributed by atoms with van der Waals surface area (Å²) < 4.78 is 11.0. The van der Waals surface area contributed by atoms with Gasteiger partial charge in [-0.2, -0.15) is 0 Å². The monoisotopic (exact) mass is 433 g/mol. The topological polar surface area (TPSA) is 63.7 Å². The lowest BCUT2D eigenvalue weighted by molar-refractivity contribution is 0.0691. The van der Waals surface area contributed by atoms with Crippen molar-refractivity contribution in [2.24, 2.45) is 5.92 Å². The van der Waals surface area contributed by atoms with Crippen LogP contribution < -0.4 is 14.8 Å². The normalized spacial score (nSPS) is 14.4. The van der Waals surface area contributed by atoms with Gasteiger partial charge in [-0.1, -0.05) is 26.0 Å². The van der Waals surface area contributed by atoms with Gasteiger partial charge in [-0.05, 0) is 55.0 Å². The number of aromatic nitrogens is 1. The van der Waals surface area contributed by atoms with Gasteiger partial charge in [0.1, 0.15) is 5.69 Å². The number of aryl methyl sites for hydroxylation is 1. The first kappa shape index (κ1) is 21.9. The molecule has 2 aromatic carbocycles. The minimum absolute atomic E-state index is 0.0297. The number of pyridine rings is 1.